The molecule has 3 rings (SSSR count). The second-order valence-electron chi connectivity index (χ2n) is 9.49. The third-order valence-electron chi connectivity index (χ3n) is 7.07. The molecule has 0 saturated carbocycles. The van der Waals surface area contributed by atoms with E-state index in [-0.39, 0.29) is 29.4 Å². The molecule has 1 aromatic rings. The molecule has 5 atom stereocenters. The fourth-order valence-corrected chi connectivity index (χ4v) is 4.68. The van der Waals surface area contributed by atoms with Gasteiger partial charge in [0, 0.05) is 19.0 Å². The first-order valence-corrected chi connectivity index (χ1v) is 12.5. The van der Waals surface area contributed by atoms with Crippen molar-refractivity contribution in [2.45, 2.75) is 65.0 Å². The zero-order valence-corrected chi connectivity index (χ0v) is 20.7. The van der Waals surface area contributed by atoms with Crippen molar-refractivity contribution in [3.63, 3.8) is 0 Å². The molecule has 194 valence electrons. The van der Waals surface area contributed by atoms with Crippen LogP contribution in [0.1, 0.15) is 63.4 Å². The van der Waals surface area contributed by atoms with Crippen LogP contribution < -0.4 is 16.1 Å². The van der Waals surface area contributed by atoms with Crippen LogP contribution in [0.15, 0.2) is 16.8 Å². The number of ether oxygens (including phenoxy) is 1. The van der Waals surface area contributed by atoms with Crippen molar-refractivity contribution in [3.8, 4) is 0 Å². The van der Waals surface area contributed by atoms with Gasteiger partial charge in [-0.2, -0.15) is 0 Å². The number of esters is 1. The van der Waals surface area contributed by atoms with Crippen LogP contribution in [0, 0.1) is 17.8 Å². The molecule has 0 bridgehead atoms. The van der Waals surface area contributed by atoms with Gasteiger partial charge >= 0.3 is 5.97 Å². The van der Waals surface area contributed by atoms with Crippen LogP contribution in [0.2, 0.25) is 0 Å². The number of carbonyl (C=O) groups is 4. The maximum Gasteiger partial charge on any atom is 0.377 e. The molecule has 2 aliphatic rings. The first-order chi connectivity index (χ1) is 16.8. The van der Waals surface area contributed by atoms with Gasteiger partial charge < -0.3 is 19.9 Å². The predicted molar refractivity (Wildman–Crippen MR) is 126 cm³/mol. The molecule has 2 aliphatic heterocycles. The maximum atomic E-state index is 13.0. The van der Waals surface area contributed by atoms with E-state index in [1.165, 1.54) is 17.3 Å². The molecule has 11 heteroatoms. The zero-order valence-electron chi connectivity index (χ0n) is 20.7. The van der Waals surface area contributed by atoms with Crippen LogP contribution in [0.3, 0.4) is 0 Å². The minimum absolute atomic E-state index is 0.100. The lowest BCUT2D eigenvalue weighted by Crippen LogP contribution is -2.70. The monoisotopic (exact) mass is 491 g/mol. The number of aromatic nitrogens is 1. The van der Waals surface area contributed by atoms with E-state index in [0.29, 0.717) is 31.7 Å². The summed E-state index contributed by atoms with van der Waals surface area (Å²) in [6, 6.07) is -0.132. The highest BCUT2D eigenvalue weighted by atomic mass is 16.6. The molecular weight excluding hydrogens is 454 g/mol. The van der Waals surface area contributed by atoms with Crippen LogP contribution in [-0.2, 0) is 19.1 Å². The largest absolute Gasteiger partial charge is 0.452 e. The second kappa shape index (κ2) is 12.8. The van der Waals surface area contributed by atoms with Gasteiger partial charge in [-0.05, 0) is 50.1 Å². The van der Waals surface area contributed by atoms with Gasteiger partial charge in [-0.1, -0.05) is 32.3 Å². The molecule has 3 N–H and O–H groups in total. The fourth-order valence-electron chi connectivity index (χ4n) is 4.68. The van der Waals surface area contributed by atoms with Crippen LogP contribution in [0.25, 0.3) is 0 Å². The number of Topliss-reactive ketones (excluding diaryl/α,β-unsaturated/α-hetero) is 1. The highest BCUT2D eigenvalue weighted by Gasteiger charge is 2.49. The number of hydrogen-bond acceptors (Lipinski definition) is 9. The molecule has 0 spiro atoms. The SMILES string of the molecule is CCC(C)CCNCCCC(=O)N1NCCC2C(C)C(C(=O)COC(=O)c3ccno3)NC(=O)C21. The Morgan fingerprint density at radius 1 is 1.34 bits per heavy atom. The van der Waals surface area contributed by atoms with Gasteiger partial charge in [0.1, 0.15) is 6.04 Å². The summed E-state index contributed by atoms with van der Waals surface area (Å²) < 4.78 is 9.74. The summed E-state index contributed by atoms with van der Waals surface area (Å²) in [6.07, 6.45) is 5.24. The minimum atomic E-state index is -0.795. The molecule has 0 aliphatic carbocycles. The van der Waals surface area contributed by atoms with E-state index in [0.717, 1.165) is 25.9 Å². The molecule has 0 aromatic carbocycles. The summed E-state index contributed by atoms with van der Waals surface area (Å²) in [6.45, 7) is 8.01. The number of rotatable bonds is 12. The Hall–Kier alpha value is -2.79. The Balaban J connectivity index is 1.50. The standard InChI is InChI=1S/C24H37N5O6/c1-4-15(2)7-11-25-10-5-6-20(31)29-22-17(8-12-26-29)16(3)21(28-23(22)32)18(30)14-34-24(33)19-9-13-27-35-19/h9,13,15-17,21-22,25-26H,4-8,10-12,14H2,1-3H3,(H,28,32). The van der Waals surface area contributed by atoms with E-state index < -0.39 is 30.4 Å². The van der Waals surface area contributed by atoms with Crippen LogP contribution in [0.4, 0.5) is 0 Å². The average molecular weight is 492 g/mol. The summed E-state index contributed by atoms with van der Waals surface area (Å²) >= 11 is 0. The summed E-state index contributed by atoms with van der Waals surface area (Å²) in [4.78, 5) is 50.6. The highest BCUT2D eigenvalue weighted by Crippen LogP contribution is 2.33. The average Bonchev–Trinajstić information content (AvgIpc) is 3.41. The van der Waals surface area contributed by atoms with Crippen LogP contribution >= 0.6 is 0 Å². The Bertz CT molecular complexity index is 876. The zero-order chi connectivity index (χ0) is 25.4. The number of amides is 2. The minimum Gasteiger partial charge on any atom is -0.452 e. The van der Waals surface area contributed by atoms with E-state index in [1.54, 1.807) is 0 Å². The molecule has 35 heavy (non-hydrogen) atoms. The molecule has 11 nitrogen and oxygen atoms in total. The van der Waals surface area contributed by atoms with Gasteiger partial charge in [-0.15, -0.1) is 0 Å². The lowest BCUT2D eigenvalue weighted by Gasteiger charge is -2.48. The predicted octanol–water partition coefficient (Wildman–Crippen LogP) is 1.06. The first kappa shape index (κ1) is 26.8. The third-order valence-corrected chi connectivity index (χ3v) is 7.07. The highest BCUT2D eigenvalue weighted by molar-refractivity contribution is 5.96. The summed E-state index contributed by atoms with van der Waals surface area (Å²) in [5.41, 5.74) is 3.08. The van der Waals surface area contributed by atoms with Crippen LogP contribution in [-0.4, -0.2) is 72.1 Å². The summed E-state index contributed by atoms with van der Waals surface area (Å²) in [5.74, 6) is -1.53. The van der Waals surface area contributed by atoms with E-state index in [1.807, 2.05) is 6.92 Å². The lowest BCUT2D eigenvalue weighted by atomic mass is 9.74. The van der Waals surface area contributed by atoms with E-state index in [4.69, 9.17) is 9.26 Å². The number of ketones is 1. The molecule has 1 aromatic heterocycles. The Kier molecular flexibility index (Phi) is 9.79. The number of fused-ring (bicyclic) bond motifs is 1. The molecule has 2 amide bonds. The number of nitrogens with zero attached hydrogens (tertiary/aromatic N) is 2. The maximum absolute atomic E-state index is 13.0. The fraction of sp³-hybridized carbons (Fsp3) is 0.708. The van der Waals surface area contributed by atoms with Gasteiger partial charge in [0.25, 0.3) is 0 Å². The van der Waals surface area contributed by atoms with E-state index in [2.05, 4.69) is 35.1 Å². The van der Waals surface area contributed by atoms with Gasteiger partial charge in [0.15, 0.2) is 12.4 Å². The van der Waals surface area contributed by atoms with Crippen molar-refractivity contribution >= 4 is 23.6 Å². The van der Waals surface area contributed by atoms with Gasteiger partial charge in [0.2, 0.25) is 17.6 Å². The third kappa shape index (κ3) is 6.88. The molecule has 3 heterocycles. The van der Waals surface area contributed by atoms with Gasteiger partial charge in [-0.25, -0.2) is 10.2 Å². The number of hydrazine groups is 1. The van der Waals surface area contributed by atoms with Crippen molar-refractivity contribution in [1.29, 1.82) is 0 Å². The van der Waals surface area contributed by atoms with Crippen molar-refractivity contribution in [2.75, 3.05) is 26.2 Å². The second-order valence-corrected chi connectivity index (χ2v) is 9.49. The normalized spacial score (nSPS) is 24.9. The summed E-state index contributed by atoms with van der Waals surface area (Å²) in [5, 5.41) is 11.0. The van der Waals surface area contributed by atoms with E-state index >= 15 is 0 Å². The van der Waals surface area contributed by atoms with E-state index in [9.17, 15) is 19.2 Å². The topological polar surface area (TPSA) is 143 Å². The smallest absolute Gasteiger partial charge is 0.377 e. The Morgan fingerprint density at radius 2 is 2.14 bits per heavy atom. The number of piperidine rings is 1. The molecule has 0 radical (unpaired) electrons. The summed E-state index contributed by atoms with van der Waals surface area (Å²) in [7, 11) is 0. The Morgan fingerprint density at radius 3 is 2.86 bits per heavy atom. The number of hydrogen-bond donors (Lipinski definition) is 3. The number of carbonyl (C=O) groups excluding carboxylic acids is 4. The molecular formula is C24H37N5O6. The lowest BCUT2D eigenvalue weighted by molar-refractivity contribution is -0.157. The molecule has 5 unspecified atom stereocenters. The molecule has 2 saturated heterocycles. The van der Waals surface area contributed by atoms with Crippen LogP contribution in [0.5, 0.6) is 0 Å². The van der Waals surface area contributed by atoms with Gasteiger partial charge in [0.05, 0.1) is 12.2 Å². The van der Waals surface area contributed by atoms with Crippen molar-refractivity contribution in [2.24, 2.45) is 17.8 Å². The molecule has 2 fully saturated rings. The first-order valence-electron chi connectivity index (χ1n) is 12.5. The number of nitrogens with one attached hydrogen (secondary N) is 3. The van der Waals surface area contributed by atoms with Crippen molar-refractivity contribution in [1.82, 2.24) is 26.2 Å². The van der Waals surface area contributed by atoms with Gasteiger partial charge in [-0.3, -0.25) is 19.4 Å². The Labute approximate surface area is 205 Å². The van der Waals surface area contributed by atoms with Crippen molar-refractivity contribution < 1.29 is 28.4 Å². The van der Waals surface area contributed by atoms with Crippen molar-refractivity contribution in [3.05, 3.63) is 18.0 Å². The quantitative estimate of drug-likeness (QED) is 0.289.